The summed E-state index contributed by atoms with van der Waals surface area (Å²) in [7, 11) is -6.14. The molecule has 0 radical (unpaired) electrons. The lowest BCUT2D eigenvalue weighted by atomic mass is 10.4. The minimum atomic E-state index is -3.82. The van der Waals surface area contributed by atoms with Crippen LogP contribution in [0.2, 0.25) is 0 Å². The summed E-state index contributed by atoms with van der Waals surface area (Å²) in [6.45, 7) is 1.74. The third kappa shape index (κ3) is 3.40. The number of H-pyrrole nitrogens is 1. The van der Waals surface area contributed by atoms with Crippen molar-refractivity contribution in [2.45, 2.75) is 16.7 Å². The molecule has 0 aliphatic heterocycles. The smallest absolute Gasteiger partial charge is 0.263 e. The Labute approximate surface area is 122 Å². The first-order chi connectivity index (χ1) is 9.74. The average Bonchev–Trinajstić information content (AvgIpc) is 2.83. The van der Waals surface area contributed by atoms with Gasteiger partial charge in [0.2, 0.25) is 10.0 Å². The monoisotopic (exact) mass is 330 g/mol. The van der Waals surface area contributed by atoms with E-state index >= 15 is 0 Å². The van der Waals surface area contributed by atoms with Gasteiger partial charge in [-0.15, -0.1) is 0 Å². The quantitative estimate of drug-likeness (QED) is 0.734. The normalized spacial score (nSPS) is 12.3. The second-order valence-corrected chi connectivity index (χ2v) is 7.79. The lowest BCUT2D eigenvalue weighted by Gasteiger charge is -2.06. The van der Waals surface area contributed by atoms with Crippen molar-refractivity contribution in [3.63, 3.8) is 0 Å². The van der Waals surface area contributed by atoms with Crippen LogP contribution in [0.25, 0.3) is 0 Å². The second kappa shape index (κ2) is 5.47. The fourth-order valence-electron chi connectivity index (χ4n) is 1.58. The first kappa shape index (κ1) is 15.5. The van der Waals surface area contributed by atoms with Gasteiger partial charge >= 0.3 is 0 Å². The molecule has 21 heavy (non-hydrogen) atoms. The number of nitrogens with zero attached hydrogens (tertiary/aromatic N) is 1. The summed E-state index contributed by atoms with van der Waals surface area (Å²) in [5.41, 5.74) is 0.711. The highest BCUT2D eigenvalue weighted by atomic mass is 32.2. The summed E-state index contributed by atoms with van der Waals surface area (Å²) in [4.78, 5) is -0.0715. The SMILES string of the molecule is CNS(=O)(=O)c1ccc(S(=O)(=O)Nc2cc(C)[nH]n2)cc1. The third-order valence-corrected chi connectivity index (χ3v) is 5.46. The van der Waals surface area contributed by atoms with Crippen LogP contribution < -0.4 is 9.44 Å². The van der Waals surface area contributed by atoms with Gasteiger partial charge in [0.15, 0.2) is 5.82 Å². The summed E-state index contributed by atoms with van der Waals surface area (Å²) in [6.07, 6.45) is 0. The number of nitrogens with one attached hydrogen (secondary N) is 3. The first-order valence-electron chi connectivity index (χ1n) is 5.83. The Morgan fingerprint density at radius 2 is 1.52 bits per heavy atom. The van der Waals surface area contributed by atoms with E-state index in [4.69, 9.17) is 0 Å². The number of anilines is 1. The van der Waals surface area contributed by atoms with E-state index in [1.807, 2.05) is 0 Å². The van der Waals surface area contributed by atoms with Gasteiger partial charge in [-0.25, -0.2) is 21.6 Å². The van der Waals surface area contributed by atoms with Gasteiger partial charge < -0.3 is 0 Å². The van der Waals surface area contributed by atoms with Gasteiger partial charge in [-0.05, 0) is 38.2 Å². The van der Waals surface area contributed by atoms with Gasteiger partial charge in [0.05, 0.1) is 9.79 Å². The topological polar surface area (TPSA) is 121 Å². The molecule has 0 aliphatic carbocycles. The zero-order valence-corrected chi connectivity index (χ0v) is 12.9. The number of benzene rings is 1. The van der Waals surface area contributed by atoms with Crippen LogP contribution in [-0.4, -0.2) is 34.1 Å². The van der Waals surface area contributed by atoms with E-state index in [0.29, 0.717) is 5.69 Å². The Morgan fingerprint density at radius 1 is 1.00 bits per heavy atom. The van der Waals surface area contributed by atoms with Crippen LogP contribution in [0.1, 0.15) is 5.69 Å². The largest absolute Gasteiger partial charge is 0.281 e. The summed E-state index contributed by atoms with van der Waals surface area (Å²) in [6, 6.07) is 6.40. The molecule has 0 saturated heterocycles. The van der Waals surface area contributed by atoms with Crippen LogP contribution in [0, 0.1) is 6.92 Å². The fourth-order valence-corrected chi connectivity index (χ4v) is 3.30. The number of hydrogen-bond donors (Lipinski definition) is 3. The molecule has 2 rings (SSSR count). The number of sulfonamides is 2. The molecular weight excluding hydrogens is 316 g/mol. The molecule has 10 heteroatoms. The summed E-state index contributed by atoms with van der Waals surface area (Å²) >= 11 is 0. The van der Waals surface area contributed by atoms with E-state index in [1.165, 1.54) is 37.4 Å². The van der Waals surface area contributed by atoms with Gasteiger partial charge in [-0.1, -0.05) is 0 Å². The molecule has 0 bridgehead atoms. The molecule has 0 atom stereocenters. The van der Waals surface area contributed by atoms with E-state index < -0.39 is 20.0 Å². The molecular formula is C11H14N4O4S2. The molecule has 2 aromatic rings. The predicted molar refractivity (Wildman–Crippen MR) is 76.8 cm³/mol. The number of aromatic amines is 1. The minimum Gasteiger partial charge on any atom is -0.281 e. The van der Waals surface area contributed by atoms with Crippen molar-refractivity contribution >= 4 is 25.9 Å². The molecule has 0 amide bonds. The highest BCUT2D eigenvalue weighted by Crippen LogP contribution is 2.17. The predicted octanol–water partition coefficient (Wildman–Crippen LogP) is 0.427. The first-order valence-corrected chi connectivity index (χ1v) is 8.80. The van der Waals surface area contributed by atoms with Gasteiger partial charge in [-0.2, -0.15) is 5.10 Å². The van der Waals surface area contributed by atoms with Crippen LogP contribution in [0.4, 0.5) is 5.82 Å². The van der Waals surface area contributed by atoms with Gasteiger partial charge in [0, 0.05) is 11.8 Å². The molecule has 0 saturated carbocycles. The van der Waals surface area contributed by atoms with Crippen molar-refractivity contribution in [1.82, 2.24) is 14.9 Å². The second-order valence-electron chi connectivity index (χ2n) is 4.22. The molecule has 0 spiro atoms. The lowest BCUT2D eigenvalue weighted by Crippen LogP contribution is -2.19. The Balaban J connectivity index is 2.29. The van der Waals surface area contributed by atoms with E-state index in [2.05, 4.69) is 19.6 Å². The van der Waals surface area contributed by atoms with Gasteiger partial charge in [-0.3, -0.25) is 9.82 Å². The number of aryl methyl sites for hydroxylation is 1. The maximum Gasteiger partial charge on any atom is 0.263 e. The molecule has 0 fully saturated rings. The highest BCUT2D eigenvalue weighted by molar-refractivity contribution is 7.92. The standard InChI is InChI=1S/C11H14N4O4S2/c1-8-7-11(14-13-8)15-21(18,19)10-5-3-9(4-6-10)20(16,17)12-2/h3-7,12H,1-2H3,(H2,13,14,15). The van der Waals surface area contributed by atoms with Crippen molar-refractivity contribution in [2.75, 3.05) is 11.8 Å². The van der Waals surface area contributed by atoms with Crippen LogP contribution in [-0.2, 0) is 20.0 Å². The van der Waals surface area contributed by atoms with E-state index in [-0.39, 0.29) is 15.6 Å². The number of rotatable bonds is 5. The van der Waals surface area contributed by atoms with Gasteiger partial charge in [0.25, 0.3) is 10.0 Å². The van der Waals surface area contributed by atoms with E-state index in [1.54, 1.807) is 6.92 Å². The third-order valence-electron chi connectivity index (χ3n) is 2.66. The van der Waals surface area contributed by atoms with Crippen LogP contribution >= 0.6 is 0 Å². The molecule has 1 heterocycles. The summed E-state index contributed by atoms with van der Waals surface area (Å²) in [5.74, 6) is 0.166. The van der Waals surface area contributed by atoms with E-state index in [9.17, 15) is 16.8 Å². The van der Waals surface area contributed by atoms with Crippen molar-refractivity contribution in [2.24, 2.45) is 0 Å². The molecule has 1 aromatic carbocycles. The van der Waals surface area contributed by atoms with Crippen LogP contribution in [0.3, 0.4) is 0 Å². The fraction of sp³-hybridized carbons (Fsp3) is 0.182. The van der Waals surface area contributed by atoms with Crippen molar-refractivity contribution in [1.29, 1.82) is 0 Å². The zero-order chi connectivity index (χ0) is 15.7. The van der Waals surface area contributed by atoms with Crippen LogP contribution in [0.5, 0.6) is 0 Å². The maximum absolute atomic E-state index is 12.1. The van der Waals surface area contributed by atoms with Crippen molar-refractivity contribution in [3.8, 4) is 0 Å². The highest BCUT2D eigenvalue weighted by Gasteiger charge is 2.17. The summed E-state index contributed by atoms with van der Waals surface area (Å²) < 4.78 is 51.8. The molecule has 114 valence electrons. The molecule has 0 unspecified atom stereocenters. The van der Waals surface area contributed by atoms with Crippen molar-refractivity contribution in [3.05, 3.63) is 36.0 Å². The van der Waals surface area contributed by atoms with Crippen LogP contribution in [0.15, 0.2) is 40.1 Å². The number of aromatic nitrogens is 2. The Kier molecular flexibility index (Phi) is 4.03. The molecule has 1 aromatic heterocycles. The van der Waals surface area contributed by atoms with Gasteiger partial charge in [0.1, 0.15) is 0 Å². The van der Waals surface area contributed by atoms with Crippen molar-refractivity contribution < 1.29 is 16.8 Å². The Hall–Kier alpha value is -1.91. The molecule has 8 nitrogen and oxygen atoms in total. The number of hydrogen-bond acceptors (Lipinski definition) is 5. The molecule has 3 N–H and O–H groups in total. The maximum atomic E-state index is 12.1. The Bertz CT molecular complexity index is 839. The molecule has 0 aliphatic rings. The van der Waals surface area contributed by atoms with E-state index in [0.717, 1.165) is 0 Å². The summed E-state index contributed by atoms with van der Waals surface area (Å²) in [5, 5.41) is 6.39. The Morgan fingerprint density at radius 3 is 1.95 bits per heavy atom. The minimum absolute atomic E-state index is 0.0143. The lowest BCUT2D eigenvalue weighted by molar-refractivity contribution is 0.587. The average molecular weight is 330 g/mol. The zero-order valence-electron chi connectivity index (χ0n) is 11.3.